The van der Waals surface area contributed by atoms with Crippen LogP contribution in [0, 0.1) is 11.6 Å². The van der Waals surface area contributed by atoms with Crippen molar-refractivity contribution in [2.24, 2.45) is 0 Å². The molecule has 3 aliphatic rings. The van der Waals surface area contributed by atoms with Crippen molar-refractivity contribution >= 4 is 6.09 Å². The predicted molar refractivity (Wildman–Crippen MR) is 130 cm³/mol. The van der Waals surface area contributed by atoms with Crippen LogP contribution in [0.1, 0.15) is 94.7 Å². The van der Waals surface area contributed by atoms with E-state index in [2.05, 4.69) is 28.6 Å². The summed E-state index contributed by atoms with van der Waals surface area (Å²) in [7, 11) is 0. The molecule has 2 aliphatic heterocycles. The number of carbonyl (C=O) groups excluding carboxylic acids is 1. The maximum atomic E-state index is 14.7. The van der Waals surface area contributed by atoms with E-state index in [-0.39, 0.29) is 11.6 Å². The van der Waals surface area contributed by atoms with Gasteiger partial charge < -0.3 is 19.4 Å². The van der Waals surface area contributed by atoms with Crippen LogP contribution in [-0.2, 0) is 22.6 Å². The Morgan fingerprint density at radius 2 is 1.97 bits per heavy atom. The normalized spacial score (nSPS) is 24.7. The molecule has 0 unspecified atom stereocenters. The van der Waals surface area contributed by atoms with Crippen LogP contribution in [0.3, 0.4) is 0 Å². The highest BCUT2D eigenvalue weighted by molar-refractivity contribution is 5.68. The average molecular weight is 503 g/mol. The van der Waals surface area contributed by atoms with Crippen molar-refractivity contribution in [3.63, 3.8) is 0 Å². The maximum Gasteiger partial charge on any atom is 0.407 e. The number of ether oxygens (including phenoxy) is 2. The van der Waals surface area contributed by atoms with E-state index in [0.29, 0.717) is 31.5 Å². The van der Waals surface area contributed by atoms with Crippen LogP contribution in [0.4, 0.5) is 13.6 Å². The fraction of sp³-hybridized carbons (Fsp3) is 0.630. The number of hydrogen-bond donors (Lipinski definition) is 1. The van der Waals surface area contributed by atoms with Crippen LogP contribution in [0.5, 0.6) is 0 Å². The Morgan fingerprint density at radius 1 is 1.22 bits per heavy atom. The van der Waals surface area contributed by atoms with E-state index in [1.165, 1.54) is 24.4 Å². The lowest BCUT2D eigenvalue weighted by Crippen LogP contribution is -2.52. The first-order chi connectivity index (χ1) is 17.0. The van der Waals surface area contributed by atoms with Gasteiger partial charge in [0.2, 0.25) is 0 Å². The number of carbonyl (C=O) groups is 1. The zero-order chi connectivity index (χ0) is 25.8. The molecule has 2 fully saturated rings. The van der Waals surface area contributed by atoms with Crippen LogP contribution in [-0.4, -0.2) is 44.8 Å². The SMILES string of the molecule is CC(C)n1c(C2CC2)nc2c1CN([C@H]1CO[C@H](c3cc(F)ccc3F)[C@@H](NC(=O)OC(C)(C)C)C1)C2. The minimum atomic E-state index is -0.821. The van der Waals surface area contributed by atoms with Gasteiger partial charge >= 0.3 is 6.09 Å². The molecule has 196 valence electrons. The molecule has 7 nitrogen and oxygen atoms in total. The summed E-state index contributed by atoms with van der Waals surface area (Å²) in [5.41, 5.74) is 1.78. The Bertz CT molecular complexity index is 1140. The number of hydrogen-bond acceptors (Lipinski definition) is 5. The third kappa shape index (κ3) is 5.13. The van der Waals surface area contributed by atoms with Crippen molar-refractivity contribution < 1.29 is 23.0 Å². The fourth-order valence-corrected chi connectivity index (χ4v) is 5.44. The first kappa shape index (κ1) is 25.1. The van der Waals surface area contributed by atoms with Crippen LogP contribution >= 0.6 is 0 Å². The molecule has 1 amide bonds. The Morgan fingerprint density at radius 3 is 2.64 bits per heavy atom. The lowest BCUT2D eigenvalue weighted by atomic mass is 9.92. The molecule has 3 heterocycles. The molecule has 2 aromatic rings. The van der Waals surface area contributed by atoms with E-state index in [9.17, 15) is 13.6 Å². The molecule has 3 atom stereocenters. The molecule has 1 aromatic heterocycles. The average Bonchev–Trinajstić information content (AvgIpc) is 3.44. The number of nitrogens with zero attached hydrogens (tertiary/aromatic N) is 3. The van der Waals surface area contributed by atoms with Gasteiger partial charge in [-0.25, -0.2) is 18.6 Å². The molecule has 1 saturated carbocycles. The lowest BCUT2D eigenvalue weighted by Gasteiger charge is -2.40. The summed E-state index contributed by atoms with van der Waals surface area (Å²) in [5, 5.41) is 2.88. The molecule has 1 saturated heterocycles. The van der Waals surface area contributed by atoms with E-state index in [0.717, 1.165) is 30.4 Å². The first-order valence-corrected chi connectivity index (χ1v) is 12.9. The van der Waals surface area contributed by atoms with Crippen molar-refractivity contribution in [1.29, 1.82) is 0 Å². The number of halogens is 2. The molecule has 9 heteroatoms. The number of fused-ring (bicyclic) bond motifs is 1. The summed E-state index contributed by atoms with van der Waals surface area (Å²) in [6.07, 6.45) is 1.50. The second-order valence-electron chi connectivity index (χ2n) is 11.6. The zero-order valence-corrected chi connectivity index (χ0v) is 21.7. The van der Waals surface area contributed by atoms with Gasteiger partial charge in [-0.2, -0.15) is 0 Å². The van der Waals surface area contributed by atoms with Gasteiger partial charge in [0.1, 0.15) is 29.2 Å². The zero-order valence-electron chi connectivity index (χ0n) is 21.7. The number of benzene rings is 1. The molecule has 1 aliphatic carbocycles. The standard InChI is InChI=1S/C27H36F2N4O3/c1-15(2)33-23-13-32(12-22(23)30-25(33)16-6-7-16)18-11-21(31-26(34)36-27(3,4)5)24(35-14-18)19-10-17(28)8-9-20(19)29/h8-10,15-16,18,21,24H,6-7,11-14H2,1-5H3,(H,31,34)/t18-,21+,24-/m1/s1. The number of rotatable bonds is 5. The summed E-state index contributed by atoms with van der Waals surface area (Å²) < 4.78 is 42.7. The Hall–Kier alpha value is -2.52. The van der Waals surface area contributed by atoms with E-state index in [1.807, 2.05) is 0 Å². The van der Waals surface area contributed by atoms with Gasteiger partial charge in [0.15, 0.2) is 0 Å². The van der Waals surface area contributed by atoms with Crippen LogP contribution < -0.4 is 5.32 Å². The van der Waals surface area contributed by atoms with Gasteiger partial charge in [0, 0.05) is 36.7 Å². The molecule has 1 N–H and O–H groups in total. The maximum absolute atomic E-state index is 14.7. The number of amides is 1. The molecule has 5 rings (SSSR count). The smallest absolute Gasteiger partial charge is 0.407 e. The minimum absolute atomic E-state index is 0.0167. The Labute approximate surface area is 211 Å². The third-order valence-corrected chi connectivity index (χ3v) is 7.13. The van der Waals surface area contributed by atoms with E-state index in [4.69, 9.17) is 14.5 Å². The highest BCUT2D eigenvalue weighted by Gasteiger charge is 2.41. The second kappa shape index (κ2) is 9.41. The molecule has 0 bridgehead atoms. The van der Waals surface area contributed by atoms with Crippen molar-refractivity contribution in [2.75, 3.05) is 6.61 Å². The summed E-state index contributed by atoms with van der Waals surface area (Å²) in [4.78, 5) is 20.0. The number of nitrogens with one attached hydrogen (secondary N) is 1. The van der Waals surface area contributed by atoms with Gasteiger partial charge in [-0.05, 0) is 72.1 Å². The monoisotopic (exact) mass is 502 g/mol. The molecular weight excluding hydrogens is 466 g/mol. The topological polar surface area (TPSA) is 68.6 Å². The fourth-order valence-electron chi connectivity index (χ4n) is 5.44. The number of alkyl carbamates (subject to hydrolysis) is 1. The van der Waals surface area contributed by atoms with Crippen molar-refractivity contribution in [2.45, 2.75) is 103 Å². The Balaban J connectivity index is 1.36. The van der Waals surface area contributed by atoms with Gasteiger partial charge in [-0.3, -0.25) is 4.90 Å². The third-order valence-electron chi connectivity index (χ3n) is 7.13. The summed E-state index contributed by atoms with van der Waals surface area (Å²) >= 11 is 0. The van der Waals surface area contributed by atoms with Crippen molar-refractivity contribution in [3.8, 4) is 0 Å². The summed E-state index contributed by atoms with van der Waals surface area (Å²) in [6, 6.07) is 3.05. The minimum Gasteiger partial charge on any atom is -0.444 e. The lowest BCUT2D eigenvalue weighted by molar-refractivity contribution is -0.0631. The van der Waals surface area contributed by atoms with Crippen molar-refractivity contribution in [3.05, 3.63) is 52.6 Å². The largest absolute Gasteiger partial charge is 0.444 e. The first-order valence-electron chi connectivity index (χ1n) is 12.9. The van der Waals surface area contributed by atoms with Crippen LogP contribution in [0.25, 0.3) is 0 Å². The van der Waals surface area contributed by atoms with E-state index in [1.54, 1.807) is 20.8 Å². The number of imidazole rings is 1. The highest BCUT2D eigenvalue weighted by atomic mass is 19.1. The van der Waals surface area contributed by atoms with Crippen LogP contribution in [0.15, 0.2) is 18.2 Å². The molecule has 0 spiro atoms. The predicted octanol–water partition coefficient (Wildman–Crippen LogP) is 5.36. The summed E-state index contributed by atoms with van der Waals surface area (Å²) in [6.45, 7) is 11.5. The van der Waals surface area contributed by atoms with Gasteiger partial charge in [0.25, 0.3) is 0 Å². The number of aromatic nitrogens is 2. The van der Waals surface area contributed by atoms with Crippen LogP contribution in [0.2, 0.25) is 0 Å². The van der Waals surface area contributed by atoms with Gasteiger partial charge in [0.05, 0.1) is 24.0 Å². The van der Waals surface area contributed by atoms with E-state index >= 15 is 0 Å². The Kier molecular flexibility index (Phi) is 6.57. The molecular formula is C27H36F2N4O3. The van der Waals surface area contributed by atoms with Gasteiger partial charge in [-0.15, -0.1) is 0 Å². The summed E-state index contributed by atoms with van der Waals surface area (Å²) in [5.74, 6) is 0.674. The second-order valence-corrected chi connectivity index (χ2v) is 11.6. The molecule has 1 aromatic carbocycles. The van der Waals surface area contributed by atoms with Crippen molar-refractivity contribution in [1.82, 2.24) is 19.8 Å². The highest BCUT2D eigenvalue weighted by Crippen LogP contribution is 2.43. The molecule has 0 radical (unpaired) electrons. The quantitative estimate of drug-likeness (QED) is 0.596. The van der Waals surface area contributed by atoms with Gasteiger partial charge in [-0.1, -0.05) is 0 Å². The van der Waals surface area contributed by atoms with E-state index < -0.39 is 35.5 Å². The molecule has 36 heavy (non-hydrogen) atoms.